The number of halogens is 1. The maximum Gasteiger partial charge on any atom is 0.339 e. The van der Waals surface area contributed by atoms with Gasteiger partial charge in [-0.05, 0) is 44.2 Å². The van der Waals surface area contributed by atoms with Crippen molar-refractivity contribution in [2.24, 2.45) is 0 Å². The lowest BCUT2D eigenvalue weighted by molar-refractivity contribution is -0.126. The van der Waals surface area contributed by atoms with Gasteiger partial charge < -0.3 is 38.8 Å². The summed E-state index contributed by atoms with van der Waals surface area (Å²) in [7, 11) is 3.12. The zero-order valence-corrected chi connectivity index (χ0v) is 28.0. The highest BCUT2D eigenvalue weighted by Gasteiger charge is 2.21. The Balaban J connectivity index is 1.21. The number of hydrogen-bond acceptors (Lipinski definition) is 12. The van der Waals surface area contributed by atoms with Crippen LogP contribution < -0.4 is 29.2 Å². The number of rotatable bonds is 13. The minimum absolute atomic E-state index is 0.0588. The van der Waals surface area contributed by atoms with Crippen LogP contribution in [0.4, 0.5) is 17.3 Å². The summed E-state index contributed by atoms with van der Waals surface area (Å²) in [6.07, 6.45) is 2.79. The summed E-state index contributed by atoms with van der Waals surface area (Å²) in [6.45, 7) is 10.2. The Morgan fingerprint density at radius 3 is 2.44 bits per heavy atom. The van der Waals surface area contributed by atoms with E-state index in [-0.39, 0.29) is 42.6 Å². The van der Waals surface area contributed by atoms with E-state index in [0.717, 1.165) is 5.69 Å². The minimum Gasteiger partial charge on any atom is -0.494 e. The molecule has 2 aromatic carbocycles. The first-order chi connectivity index (χ1) is 23.2. The number of nitrogens with zero attached hydrogens (tertiary/aromatic N) is 5. The summed E-state index contributed by atoms with van der Waals surface area (Å²) in [6, 6.07) is 11.0. The summed E-state index contributed by atoms with van der Waals surface area (Å²) >= 11 is 6.34. The third-order valence-electron chi connectivity index (χ3n) is 7.64. The van der Waals surface area contributed by atoms with Gasteiger partial charge in [0.2, 0.25) is 17.7 Å². The van der Waals surface area contributed by atoms with Crippen molar-refractivity contribution in [1.29, 1.82) is 0 Å². The van der Waals surface area contributed by atoms with Crippen molar-refractivity contribution in [3.8, 4) is 23.1 Å². The highest BCUT2D eigenvalue weighted by Crippen LogP contribution is 2.34. The molecule has 1 saturated heterocycles. The monoisotopic (exact) mass is 676 g/mol. The molecule has 3 heterocycles. The standard InChI is InChI=1S/C34H37ClN6O7/c1-6-31(42)41-12-10-40(11-13-41)23-8-9-26(28(18-23)44-4)38-34-36-20-25(35)32(39-34)48-15-14-47-30-19-27-22(17-29(30)45-5)16-24(21(3)37-27)33(43)46-7-2/h6,8-9,16-20H,1,7,10-15H2,2-5H3,(H,36,38,39). The van der Waals surface area contributed by atoms with Gasteiger partial charge in [-0.15, -0.1) is 0 Å². The molecule has 1 amide bonds. The molecule has 0 spiro atoms. The molecule has 1 aliphatic heterocycles. The number of pyridine rings is 1. The number of aryl methyl sites for hydroxylation is 1. The maximum absolute atomic E-state index is 12.3. The Bertz CT molecular complexity index is 1810. The third-order valence-corrected chi connectivity index (χ3v) is 7.90. The van der Waals surface area contributed by atoms with Crippen LogP contribution in [0, 0.1) is 6.92 Å². The Kier molecular flexibility index (Phi) is 11.0. The Hall–Kier alpha value is -5.30. The van der Waals surface area contributed by atoms with E-state index in [1.54, 1.807) is 44.1 Å². The largest absolute Gasteiger partial charge is 0.494 e. The number of fused-ring (bicyclic) bond motifs is 1. The number of ether oxygens (including phenoxy) is 5. The molecule has 0 bridgehead atoms. The molecule has 1 fully saturated rings. The molecule has 0 saturated carbocycles. The fourth-order valence-electron chi connectivity index (χ4n) is 5.18. The van der Waals surface area contributed by atoms with Gasteiger partial charge in [0.15, 0.2) is 11.5 Å². The van der Waals surface area contributed by atoms with Crippen LogP contribution in [0.1, 0.15) is 23.0 Å². The van der Waals surface area contributed by atoms with E-state index in [4.69, 9.17) is 35.3 Å². The zero-order valence-electron chi connectivity index (χ0n) is 27.2. The second-order valence-corrected chi connectivity index (χ2v) is 11.0. The van der Waals surface area contributed by atoms with Crippen molar-refractivity contribution in [3.05, 3.63) is 71.5 Å². The SMILES string of the molecule is C=CC(=O)N1CCN(c2ccc(Nc3ncc(Cl)c(OCCOc4cc5nc(C)c(C(=O)OCC)cc5cc4OC)n3)c(OC)c2)CC1. The van der Waals surface area contributed by atoms with E-state index in [2.05, 4.69) is 31.7 Å². The lowest BCUT2D eigenvalue weighted by Gasteiger charge is -2.35. The van der Waals surface area contributed by atoms with Crippen LogP contribution >= 0.6 is 11.6 Å². The van der Waals surface area contributed by atoms with Gasteiger partial charge in [-0.3, -0.25) is 9.78 Å². The topological polar surface area (TPSA) is 137 Å². The number of piperazine rings is 1. The van der Waals surface area contributed by atoms with Gasteiger partial charge in [0.25, 0.3) is 0 Å². The molecule has 0 unspecified atom stereocenters. The molecule has 252 valence electrons. The van der Waals surface area contributed by atoms with E-state index < -0.39 is 5.97 Å². The third kappa shape index (κ3) is 7.80. The predicted molar refractivity (Wildman–Crippen MR) is 182 cm³/mol. The quantitative estimate of drug-likeness (QED) is 0.113. The average Bonchev–Trinajstić information content (AvgIpc) is 3.10. The normalized spacial score (nSPS) is 12.8. The van der Waals surface area contributed by atoms with E-state index in [1.807, 2.05) is 18.2 Å². The molecule has 0 aliphatic carbocycles. The highest BCUT2D eigenvalue weighted by molar-refractivity contribution is 6.31. The lowest BCUT2D eigenvalue weighted by atomic mass is 10.1. The molecule has 0 radical (unpaired) electrons. The maximum atomic E-state index is 12.3. The molecule has 13 nitrogen and oxygen atoms in total. The minimum atomic E-state index is -0.426. The first-order valence-electron chi connectivity index (χ1n) is 15.3. The number of carbonyl (C=O) groups is 2. The predicted octanol–water partition coefficient (Wildman–Crippen LogP) is 5.22. The van der Waals surface area contributed by atoms with Gasteiger partial charge >= 0.3 is 5.97 Å². The summed E-state index contributed by atoms with van der Waals surface area (Å²) < 4.78 is 28.1. The smallest absolute Gasteiger partial charge is 0.339 e. The highest BCUT2D eigenvalue weighted by atomic mass is 35.5. The van der Waals surface area contributed by atoms with Crippen LogP contribution in [0.25, 0.3) is 10.9 Å². The number of benzene rings is 2. The Morgan fingerprint density at radius 1 is 0.979 bits per heavy atom. The van der Waals surface area contributed by atoms with Gasteiger partial charge in [-0.1, -0.05) is 18.2 Å². The van der Waals surface area contributed by atoms with Gasteiger partial charge in [-0.2, -0.15) is 4.98 Å². The second kappa shape index (κ2) is 15.5. The first-order valence-corrected chi connectivity index (χ1v) is 15.7. The molecule has 5 rings (SSSR count). The van der Waals surface area contributed by atoms with Gasteiger partial charge in [-0.25, -0.2) is 9.78 Å². The molecule has 1 N–H and O–H groups in total. The number of anilines is 3. The van der Waals surface area contributed by atoms with Gasteiger partial charge in [0.05, 0.1) is 49.5 Å². The molecule has 48 heavy (non-hydrogen) atoms. The molecule has 1 aliphatic rings. The first kappa shape index (κ1) is 34.0. The molecular formula is C34H37ClN6O7. The van der Waals surface area contributed by atoms with Gasteiger partial charge in [0.1, 0.15) is 24.0 Å². The summed E-state index contributed by atoms with van der Waals surface area (Å²) in [4.78, 5) is 41.5. The van der Waals surface area contributed by atoms with E-state index in [1.165, 1.54) is 19.4 Å². The summed E-state index contributed by atoms with van der Waals surface area (Å²) in [5, 5.41) is 4.11. The summed E-state index contributed by atoms with van der Waals surface area (Å²) in [5.74, 6) is 1.48. The van der Waals surface area contributed by atoms with Crippen molar-refractivity contribution < 1.29 is 33.3 Å². The van der Waals surface area contributed by atoms with E-state index in [0.29, 0.717) is 71.3 Å². The number of methoxy groups -OCH3 is 2. The average molecular weight is 677 g/mol. The molecule has 0 atom stereocenters. The number of aromatic nitrogens is 3. The Morgan fingerprint density at radius 2 is 1.73 bits per heavy atom. The fourth-order valence-corrected chi connectivity index (χ4v) is 5.33. The fraction of sp³-hybridized carbons (Fsp3) is 0.324. The molecule has 14 heteroatoms. The van der Waals surface area contributed by atoms with Crippen LogP contribution in [-0.2, 0) is 9.53 Å². The Labute approximate surface area is 283 Å². The van der Waals surface area contributed by atoms with Crippen molar-refractivity contribution in [2.75, 3.05) is 70.4 Å². The molecule has 2 aromatic heterocycles. The number of amides is 1. The van der Waals surface area contributed by atoms with E-state index >= 15 is 0 Å². The van der Waals surface area contributed by atoms with E-state index in [9.17, 15) is 9.59 Å². The van der Waals surface area contributed by atoms with Crippen molar-refractivity contribution >= 4 is 51.7 Å². The van der Waals surface area contributed by atoms with Crippen LogP contribution in [-0.4, -0.2) is 91.9 Å². The number of hydrogen-bond donors (Lipinski definition) is 1. The number of esters is 1. The van der Waals surface area contributed by atoms with Gasteiger partial charge in [0, 0.05) is 49.4 Å². The van der Waals surface area contributed by atoms with Crippen LogP contribution in [0.2, 0.25) is 5.02 Å². The number of carbonyl (C=O) groups excluding carboxylic acids is 2. The number of nitrogens with one attached hydrogen (secondary N) is 1. The molecular weight excluding hydrogens is 640 g/mol. The van der Waals surface area contributed by atoms with Crippen molar-refractivity contribution in [2.45, 2.75) is 13.8 Å². The lowest BCUT2D eigenvalue weighted by Crippen LogP contribution is -2.48. The second-order valence-electron chi connectivity index (χ2n) is 10.6. The van der Waals surface area contributed by atoms with Crippen LogP contribution in [0.5, 0.6) is 23.1 Å². The van der Waals surface area contributed by atoms with Crippen LogP contribution in [0.15, 0.2) is 55.3 Å². The summed E-state index contributed by atoms with van der Waals surface area (Å²) in [5.41, 5.74) is 3.21. The van der Waals surface area contributed by atoms with Crippen molar-refractivity contribution in [3.63, 3.8) is 0 Å². The van der Waals surface area contributed by atoms with Crippen LogP contribution in [0.3, 0.4) is 0 Å². The van der Waals surface area contributed by atoms with Crippen molar-refractivity contribution in [1.82, 2.24) is 19.9 Å². The zero-order chi connectivity index (χ0) is 34.2. The molecule has 4 aromatic rings.